The minimum absolute atomic E-state index is 0.719. The number of morpholine rings is 1. The minimum Gasteiger partial charge on any atom is -0.497 e. The molecule has 1 aliphatic heterocycles. The molecule has 0 bridgehead atoms. The van der Waals surface area contributed by atoms with Crippen LogP contribution in [0.15, 0.2) is 60.7 Å². The van der Waals surface area contributed by atoms with Crippen molar-refractivity contribution in [2.24, 2.45) is 0 Å². The third-order valence-electron chi connectivity index (χ3n) is 5.18. The minimum atomic E-state index is 0.719. The Hall–Kier alpha value is -3.18. The molecular weight excluding hydrogens is 350 g/mol. The number of methoxy groups -OCH3 is 1. The van der Waals surface area contributed by atoms with Crippen molar-refractivity contribution in [2.45, 2.75) is 0 Å². The molecule has 0 amide bonds. The Morgan fingerprint density at radius 2 is 1.71 bits per heavy atom. The fourth-order valence-electron chi connectivity index (χ4n) is 3.69. The van der Waals surface area contributed by atoms with Crippen molar-refractivity contribution in [3.63, 3.8) is 0 Å². The van der Waals surface area contributed by atoms with E-state index >= 15 is 0 Å². The van der Waals surface area contributed by atoms with Gasteiger partial charge in [0.25, 0.3) is 0 Å². The van der Waals surface area contributed by atoms with E-state index in [2.05, 4.69) is 35.2 Å². The lowest BCUT2D eigenvalue weighted by atomic mass is 10.1. The van der Waals surface area contributed by atoms with Gasteiger partial charge in [0, 0.05) is 35.5 Å². The molecule has 0 spiro atoms. The summed E-state index contributed by atoms with van der Waals surface area (Å²) in [4.78, 5) is 12.3. The van der Waals surface area contributed by atoms with E-state index in [1.165, 1.54) is 0 Å². The summed E-state index contributed by atoms with van der Waals surface area (Å²) < 4.78 is 10.9. The van der Waals surface area contributed by atoms with Gasteiger partial charge in [0.2, 0.25) is 0 Å². The molecule has 1 saturated heterocycles. The van der Waals surface area contributed by atoms with Crippen molar-refractivity contribution in [1.29, 1.82) is 0 Å². The second-order valence-electron chi connectivity index (χ2n) is 6.91. The van der Waals surface area contributed by atoms with E-state index in [0.29, 0.717) is 0 Å². The lowest BCUT2D eigenvalue weighted by Crippen LogP contribution is -2.37. The monoisotopic (exact) mass is 371 g/mol. The number of pyridine rings is 2. The second-order valence-corrected chi connectivity index (χ2v) is 6.91. The van der Waals surface area contributed by atoms with Crippen LogP contribution in [-0.4, -0.2) is 43.4 Å². The van der Waals surface area contributed by atoms with E-state index in [1.807, 2.05) is 30.3 Å². The number of fused-ring (bicyclic) bond motifs is 2. The van der Waals surface area contributed by atoms with Crippen molar-refractivity contribution in [3.05, 3.63) is 60.7 Å². The molecule has 0 unspecified atom stereocenters. The largest absolute Gasteiger partial charge is 0.497 e. The molecule has 2 aromatic carbocycles. The highest BCUT2D eigenvalue weighted by Gasteiger charge is 2.18. The van der Waals surface area contributed by atoms with Crippen LogP contribution in [0.1, 0.15) is 0 Å². The quantitative estimate of drug-likeness (QED) is 0.503. The summed E-state index contributed by atoms with van der Waals surface area (Å²) >= 11 is 0. The standard InChI is InChI=1S/C23H21N3O2/c1-27-18-8-7-17-13-19-22(24-20(17)14-18)15-21(16-5-3-2-4-6-16)25-23(19)26-9-11-28-12-10-26/h2-8,13-15H,9-12H2,1H3. The predicted octanol–water partition coefficient (Wildman–Crippen LogP) is 4.30. The van der Waals surface area contributed by atoms with Gasteiger partial charge in [-0.3, -0.25) is 0 Å². The van der Waals surface area contributed by atoms with E-state index in [0.717, 1.165) is 70.9 Å². The highest BCUT2D eigenvalue weighted by molar-refractivity contribution is 6.00. The maximum atomic E-state index is 5.54. The van der Waals surface area contributed by atoms with Gasteiger partial charge in [-0.25, -0.2) is 9.97 Å². The molecule has 5 nitrogen and oxygen atoms in total. The summed E-state index contributed by atoms with van der Waals surface area (Å²) in [7, 11) is 1.68. The van der Waals surface area contributed by atoms with E-state index < -0.39 is 0 Å². The molecule has 3 heterocycles. The van der Waals surface area contributed by atoms with Gasteiger partial charge in [-0.05, 0) is 24.3 Å². The Morgan fingerprint density at radius 3 is 2.50 bits per heavy atom. The van der Waals surface area contributed by atoms with Crippen LogP contribution in [0, 0.1) is 0 Å². The third-order valence-corrected chi connectivity index (χ3v) is 5.18. The highest BCUT2D eigenvalue weighted by atomic mass is 16.5. The molecule has 4 aromatic rings. The molecule has 5 rings (SSSR count). The summed E-state index contributed by atoms with van der Waals surface area (Å²) in [6.07, 6.45) is 0. The number of hydrogen-bond acceptors (Lipinski definition) is 5. The third kappa shape index (κ3) is 3.04. The summed E-state index contributed by atoms with van der Waals surface area (Å²) in [6.45, 7) is 3.11. The first-order valence-corrected chi connectivity index (χ1v) is 9.49. The Balaban J connectivity index is 1.76. The van der Waals surface area contributed by atoms with Gasteiger partial charge in [-0.2, -0.15) is 0 Å². The summed E-state index contributed by atoms with van der Waals surface area (Å²) in [5.74, 6) is 1.79. The van der Waals surface area contributed by atoms with E-state index in [-0.39, 0.29) is 0 Å². The SMILES string of the molecule is COc1ccc2cc3c(N4CCOCC4)nc(-c4ccccc4)cc3nc2c1. The Morgan fingerprint density at radius 1 is 0.893 bits per heavy atom. The van der Waals surface area contributed by atoms with Gasteiger partial charge in [-0.15, -0.1) is 0 Å². The summed E-state index contributed by atoms with van der Waals surface area (Å²) in [6, 6.07) is 20.5. The number of aromatic nitrogens is 2. The zero-order valence-corrected chi connectivity index (χ0v) is 15.8. The van der Waals surface area contributed by atoms with E-state index in [1.54, 1.807) is 7.11 Å². The normalized spacial score (nSPS) is 14.5. The number of anilines is 1. The molecule has 0 N–H and O–H groups in total. The van der Waals surface area contributed by atoms with Gasteiger partial charge < -0.3 is 14.4 Å². The first-order valence-electron chi connectivity index (χ1n) is 9.49. The molecule has 28 heavy (non-hydrogen) atoms. The lowest BCUT2D eigenvalue weighted by molar-refractivity contribution is 0.122. The van der Waals surface area contributed by atoms with Crippen molar-refractivity contribution < 1.29 is 9.47 Å². The zero-order valence-electron chi connectivity index (χ0n) is 15.8. The van der Waals surface area contributed by atoms with Gasteiger partial charge >= 0.3 is 0 Å². The second kappa shape index (κ2) is 7.09. The molecule has 140 valence electrons. The molecule has 1 fully saturated rings. The number of hydrogen-bond donors (Lipinski definition) is 0. The zero-order chi connectivity index (χ0) is 18.9. The average molecular weight is 371 g/mol. The molecule has 1 aliphatic rings. The van der Waals surface area contributed by atoms with Gasteiger partial charge in [0.15, 0.2) is 0 Å². The summed E-state index contributed by atoms with van der Waals surface area (Å²) in [5.41, 5.74) is 3.89. The van der Waals surface area contributed by atoms with Crippen molar-refractivity contribution >= 4 is 27.6 Å². The van der Waals surface area contributed by atoms with Crippen LogP contribution in [0.2, 0.25) is 0 Å². The number of benzene rings is 2. The molecule has 2 aromatic heterocycles. The molecule has 5 heteroatoms. The number of rotatable bonds is 3. The van der Waals surface area contributed by atoms with Gasteiger partial charge in [0.05, 0.1) is 37.1 Å². The van der Waals surface area contributed by atoms with Crippen LogP contribution in [0.25, 0.3) is 33.1 Å². The van der Waals surface area contributed by atoms with Crippen molar-refractivity contribution in [2.75, 3.05) is 38.3 Å². The number of nitrogens with zero attached hydrogens (tertiary/aromatic N) is 3. The average Bonchev–Trinajstić information content (AvgIpc) is 2.77. The fourth-order valence-corrected chi connectivity index (χ4v) is 3.69. The Kier molecular flexibility index (Phi) is 4.29. The Labute approximate surface area is 163 Å². The van der Waals surface area contributed by atoms with Crippen LogP contribution < -0.4 is 9.64 Å². The molecule has 0 saturated carbocycles. The molecular formula is C23H21N3O2. The van der Waals surface area contributed by atoms with Crippen LogP contribution >= 0.6 is 0 Å². The molecule has 0 radical (unpaired) electrons. The van der Waals surface area contributed by atoms with E-state index in [4.69, 9.17) is 19.4 Å². The summed E-state index contributed by atoms with van der Waals surface area (Å²) in [5, 5.41) is 2.15. The van der Waals surface area contributed by atoms with Crippen LogP contribution in [0.4, 0.5) is 5.82 Å². The molecule has 0 aliphatic carbocycles. The molecule has 0 atom stereocenters. The first kappa shape index (κ1) is 17.0. The van der Waals surface area contributed by atoms with Crippen LogP contribution in [-0.2, 0) is 4.74 Å². The first-order chi connectivity index (χ1) is 13.8. The topological polar surface area (TPSA) is 47.5 Å². The maximum absolute atomic E-state index is 5.54. The van der Waals surface area contributed by atoms with Crippen LogP contribution in [0.5, 0.6) is 5.75 Å². The van der Waals surface area contributed by atoms with Crippen molar-refractivity contribution in [3.8, 4) is 17.0 Å². The van der Waals surface area contributed by atoms with Crippen LogP contribution in [0.3, 0.4) is 0 Å². The smallest absolute Gasteiger partial charge is 0.138 e. The lowest BCUT2D eigenvalue weighted by Gasteiger charge is -2.29. The highest BCUT2D eigenvalue weighted by Crippen LogP contribution is 2.32. The maximum Gasteiger partial charge on any atom is 0.138 e. The van der Waals surface area contributed by atoms with E-state index in [9.17, 15) is 0 Å². The number of ether oxygens (including phenoxy) is 2. The Bertz CT molecular complexity index is 1140. The predicted molar refractivity (Wildman–Crippen MR) is 112 cm³/mol. The van der Waals surface area contributed by atoms with Crippen molar-refractivity contribution in [1.82, 2.24) is 9.97 Å². The fraction of sp³-hybridized carbons (Fsp3) is 0.217. The van der Waals surface area contributed by atoms with Gasteiger partial charge in [0.1, 0.15) is 11.6 Å². The van der Waals surface area contributed by atoms with Gasteiger partial charge in [-0.1, -0.05) is 30.3 Å².